The van der Waals surface area contributed by atoms with E-state index in [0.29, 0.717) is 0 Å². The summed E-state index contributed by atoms with van der Waals surface area (Å²) in [6.07, 6.45) is 0. The highest BCUT2D eigenvalue weighted by Crippen LogP contribution is 2.48. The Morgan fingerprint density at radius 2 is 0.810 bits per heavy atom. The van der Waals surface area contributed by atoms with Crippen LogP contribution in [-0.4, -0.2) is 0 Å². The van der Waals surface area contributed by atoms with Crippen molar-refractivity contribution in [3.63, 3.8) is 0 Å². The molecular weight excluding hydrogens is 703 g/mol. The van der Waals surface area contributed by atoms with Crippen LogP contribution >= 0.6 is 0 Å². The molecule has 0 N–H and O–H groups in total. The molecule has 0 saturated heterocycles. The van der Waals surface area contributed by atoms with Crippen molar-refractivity contribution in [3.8, 4) is 44.5 Å². The number of benzene rings is 10. The van der Waals surface area contributed by atoms with E-state index in [-0.39, 0.29) is 0 Å². The van der Waals surface area contributed by atoms with Crippen LogP contribution in [0.25, 0.3) is 88.0 Å². The van der Waals surface area contributed by atoms with Crippen molar-refractivity contribution in [2.75, 3.05) is 4.90 Å². The average molecular weight is 740 g/mol. The van der Waals surface area contributed by atoms with Crippen LogP contribution in [0.4, 0.5) is 17.1 Å². The Labute approximate surface area is 337 Å². The molecule has 11 rings (SSSR count). The highest BCUT2D eigenvalue weighted by molar-refractivity contribution is 6.21. The second-order valence-corrected chi connectivity index (χ2v) is 14.9. The Balaban J connectivity index is 1.11. The molecule has 10 aromatic carbocycles. The maximum atomic E-state index is 6.94. The number of rotatable bonds is 7. The second-order valence-electron chi connectivity index (χ2n) is 14.9. The van der Waals surface area contributed by atoms with E-state index in [1.54, 1.807) is 0 Å². The van der Waals surface area contributed by atoms with E-state index in [4.69, 9.17) is 4.42 Å². The molecule has 0 atom stereocenters. The van der Waals surface area contributed by atoms with Crippen molar-refractivity contribution in [2.45, 2.75) is 0 Å². The van der Waals surface area contributed by atoms with Gasteiger partial charge in [-0.25, -0.2) is 0 Å². The van der Waals surface area contributed by atoms with Gasteiger partial charge in [0.25, 0.3) is 0 Å². The zero-order valence-electron chi connectivity index (χ0n) is 31.7. The molecule has 0 unspecified atom stereocenters. The summed E-state index contributed by atoms with van der Waals surface area (Å²) in [5.41, 5.74) is 14.3. The van der Waals surface area contributed by atoms with Crippen molar-refractivity contribution < 1.29 is 4.42 Å². The molecule has 2 heteroatoms. The van der Waals surface area contributed by atoms with Gasteiger partial charge in [0.2, 0.25) is 0 Å². The van der Waals surface area contributed by atoms with E-state index >= 15 is 0 Å². The van der Waals surface area contributed by atoms with E-state index in [9.17, 15) is 0 Å². The van der Waals surface area contributed by atoms with Gasteiger partial charge < -0.3 is 9.32 Å². The number of hydrogen-bond donors (Lipinski definition) is 0. The molecule has 1 aromatic heterocycles. The smallest absolute Gasteiger partial charge is 0.145 e. The topological polar surface area (TPSA) is 16.4 Å². The third-order valence-electron chi connectivity index (χ3n) is 11.5. The van der Waals surface area contributed by atoms with Crippen molar-refractivity contribution in [3.05, 3.63) is 224 Å². The van der Waals surface area contributed by atoms with Crippen LogP contribution in [0, 0.1) is 0 Å². The number of hydrogen-bond acceptors (Lipinski definition) is 2. The van der Waals surface area contributed by atoms with E-state index < -0.39 is 0 Å². The Hall–Kier alpha value is -7.68. The van der Waals surface area contributed by atoms with Crippen LogP contribution in [0.5, 0.6) is 0 Å². The van der Waals surface area contributed by atoms with Gasteiger partial charge in [0, 0.05) is 22.3 Å². The summed E-state index contributed by atoms with van der Waals surface area (Å²) in [5, 5.41) is 7.06. The summed E-state index contributed by atoms with van der Waals surface area (Å²) in [6, 6.07) is 80.5. The van der Waals surface area contributed by atoms with Gasteiger partial charge >= 0.3 is 0 Å². The molecule has 58 heavy (non-hydrogen) atoms. The normalized spacial score (nSPS) is 11.4. The fourth-order valence-corrected chi connectivity index (χ4v) is 8.66. The molecule has 2 nitrogen and oxygen atoms in total. The fourth-order valence-electron chi connectivity index (χ4n) is 8.66. The van der Waals surface area contributed by atoms with Gasteiger partial charge in [0.1, 0.15) is 11.2 Å². The first-order valence-electron chi connectivity index (χ1n) is 19.8. The highest BCUT2D eigenvalue weighted by Gasteiger charge is 2.23. The van der Waals surface area contributed by atoms with E-state index in [1.807, 2.05) is 0 Å². The van der Waals surface area contributed by atoms with E-state index in [2.05, 4.69) is 229 Å². The summed E-state index contributed by atoms with van der Waals surface area (Å²) in [4.78, 5) is 2.38. The van der Waals surface area contributed by atoms with Crippen LogP contribution in [0.2, 0.25) is 0 Å². The van der Waals surface area contributed by atoms with E-state index in [1.165, 1.54) is 54.9 Å². The molecule has 11 aromatic rings. The van der Waals surface area contributed by atoms with Crippen LogP contribution in [0.15, 0.2) is 229 Å². The molecule has 272 valence electrons. The largest absolute Gasteiger partial charge is 0.455 e. The maximum absolute atomic E-state index is 6.94. The lowest BCUT2D eigenvalue weighted by molar-refractivity contribution is 0.670. The number of furan rings is 1. The number of nitrogens with zero attached hydrogens (tertiary/aromatic N) is 1. The predicted octanol–water partition coefficient (Wildman–Crippen LogP) is 16.0. The quantitative estimate of drug-likeness (QED) is 0.151. The number of para-hydroxylation sites is 1. The molecular formula is C56H37NO. The summed E-state index contributed by atoms with van der Waals surface area (Å²) >= 11 is 0. The standard InChI is InChI=1S/C56H37NO/c1-3-14-38(15-4-1)40-26-30-45(31-27-40)57(46-32-28-41(29-33-46)43-20-13-19-42(36-43)39-16-5-2-6-17-39)53-35-34-50(56-55(53)51-24-11-12-25-54(51)58-56)52-37-44-18-7-8-21-47(44)48-22-9-10-23-49(48)52/h1-37H. The Kier molecular flexibility index (Phi) is 8.19. The van der Waals surface area contributed by atoms with Crippen molar-refractivity contribution in [1.29, 1.82) is 0 Å². The monoisotopic (exact) mass is 739 g/mol. The van der Waals surface area contributed by atoms with Gasteiger partial charge in [-0.15, -0.1) is 0 Å². The Morgan fingerprint density at radius 1 is 0.310 bits per heavy atom. The third kappa shape index (κ3) is 5.82. The zero-order chi connectivity index (χ0) is 38.4. The molecule has 0 saturated carbocycles. The fraction of sp³-hybridized carbons (Fsp3) is 0. The summed E-state index contributed by atoms with van der Waals surface area (Å²) in [5.74, 6) is 0. The Bertz CT molecular complexity index is 3250. The lowest BCUT2D eigenvalue weighted by atomic mass is 9.92. The first kappa shape index (κ1) is 33.6. The molecule has 0 amide bonds. The molecule has 1 heterocycles. The SMILES string of the molecule is c1ccc(-c2ccc(N(c3ccc(-c4cccc(-c5ccccc5)c4)cc3)c3ccc(-c4cc5ccccc5c5ccccc45)c4oc5ccccc5c34)cc2)cc1. The van der Waals surface area contributed by atoms with Crippen LogP contribution in [-0.2, 0) is 0 Å². The molecule has 0 fully saturated rings. The zero-order valence-corrected chi connectivity index (χ0v) is 31.7. The van der Waals surface area contributed by atoms with Crippen LogP contribution in [0.1, 0.15) is 0 Å². The second kappa shape index (κ2) is 14.1. The Morgan fingerprint density at radius 3 is 1.48 bits per heavy atom. The van der Waals surface area contributed by atoms with Crippen molar-refractivity contribution >= 4 is 60.5 Å². The lowest BCUT2D eigenvalue weighted by Gasteiger charge is -2.27. The molecule has 0 aliphatic rings. The molecule has 0 radical (unpaired) electrons. The summed E-state index contributed by atoms with van der Waals surface area (Å²) < 4.78 is 6.94. The van der Waals surface area contributed by atoms with Crippen LogP contribution < -0.4 is 4.90 Å². The van der Waals surface area contributed by atoms with Crippen LogP contribution in [0.3, 0.4) is 0 Å². The summed E-state index contributed by atoms with van der Waals surface area (Å²) in [7, 11) is 0. The number of anilines is 3. The van der Waals surface area contributed by atoms with Gasteiger partial charge in [0.05, 0.1) is 11.1 Å². The average Bonchev–Trinajstić information content (AvgIpc) is 3.70. The van der Waals surface area contributed by atoms with Crippen molar-refractivity contribution in [2.24, 2.45) is 0 Å². The lowest BCUT2D eigenvalue weighted by Crippen LogP contribution is -2.10. The molecule has 0 aliphatic heterocycles. The van der Waals surface area contributed by atoms with Gasteiger partial charge in [-0.3, -0.25) is 0 Å². The van der Waals surface area contributed by atoms with E-state index in [0.717, 1.165) is 50.1 Å². The molecule has 0 spiro atoms. The minimum Gasteiger partial charge on any atom is -0.455 e. The minimum absolute atomic E-state index is 0.865. The predicted molar refractivity (Wildman–Crippen MR) is 245 cm³/mol. The van der Waals surface area contributed by atoms with Crippen molar-refractivity contribution in [1.82, 2.24) is 0 Å². The van der Waals surface area contributed by atoms with Gasteiger partial charge in [-0.2, -0.15) is 0 Å². The molecule has 0 aliphatic carbocycles. The first-order valence-corrected chi connectivity index (χ1v) is 19.8. The maximum Gasteiger partial charge on any atom is 0.145 e. The van der Waals surface area contributed by atoms with Gasteiger partial charge in [0.15, 0.2) is 0 Å². The van der Waals surface area contributed by atoms with Gasteiger partial charge in [-0.05, 0) is 115 Å². The minimum atomic E-state index is 0.865. The highest BCUT2D eigenvalue weighted by atomic mass is 16.3. The van der Waals surface area contributed by atoms with Gasteiger partial charge in [-0.1, -0.05) is 170 Å². The number of fused-ring (bicyclic) bond motifs is 6. The molecule has 0 bridgehead atoms. The third-order valence-corrected chi connectivity index (χ3v) is 11.5. The summed E-state index contributed by atoms with van der Waals surface area (Å²) in [6.45, 7) is 0. The first-order chi connectivity index (χ1) is 28.8.